The second kappa shape index (κ2) is 13.6. The van der Waals surface area contributed by atoms with Gasteiger partial charge in [-0.2, -0.15) is 13.2 Å². The second-order valence-electron chi connectivity index (χ2n) is 12.2. The Hall–Kier alpha value is -3.51. The van der Waals surface area contributed by atoms with E-state index in [1.807, 2.05) is 39.8 Å². The minimum Gasteiger partial charge on any atom is -0.474 e. The van der Waals surface area contributed by atoms with E-state index in [1.54, 1.807) is 38.4 Å². The van der Waals surface area contributed by atoms with Gasteiger partial charge in [0.05, 0.1) is 12.0 Å². The van der Waals surface area contributed by atoms with Crippen molar-refractivity contribution in [3.8, 4) is 28.4 Å². The van der Waals surface area contributed by atoms with E-state index in [0.717, 1.165) is 21.4 Å². The maximum atomic E-state index is 13.6. The van der Waals surface area contributed by atoms with Crippen LogP contribution in [0.4, 0.5) is 13.2 Å². The molecule has 0 unspecified atom stereocenters. The van der Waals surface area contributed by atoms with Crippen molar-refractivity contribution < 1.29 is 36.9 Å². The summed E-state index contributed by atoms with van der Waals surface area (Å²) in [6, 6.07) is 9.05. The predicted molar refractivity (Wildman–Crippen MR) is 158 cm³/mol. The van der Waals surface area contributed by atoms with Gasteiger partial charge in [0.15, 0.2) is 5.82 Å². The van der Waals surface area contributed by atoms with Crippen LogP contribution in [-0.4, -0.2) is 57.7 Å². The molecule has 0 aliphatic heterocycles. The van der Waals surface area contributed by atoms with Gasteiger partial charge < -0.3 is 18.9 Å². The third kappa shape index (κ3) is 8.15. The maximum Gasteiger partial charge on any atom is 0.451 e. The van der Waals surface area contributed by atoms with Gasteiger partial charge in [0.25, 0.3) is 0 Å². The molecule has 0 saturated heterocycles. The third-order valence-corrected chi connectivity index (χ3v) is 7.45. The smallest absolute Gasteiger partial charge is 0.451 e. The average molecular weight is 619 g/mol. The molecule has 4 rings (SSSR count). The number of rotatable bonds is 11. The van der Waals surface area contributed by atoms with Crippen LogP contribution in [0.2, 0.25) is 0 Å². The molecule has 240 valence electrons. The zero-order valence-electron chi connectivity index (χ0n) is 26.2. The number of halogens is 3. The van der Waals surface area contributed by atoms with E-state index in [2.05, 4.69) is 15.1 Å². The number of pyridine rings is 1. The third-order valence-electron chi connectivity index (χ3n) is 7.45. The number of ether oxygens (including phenoxy) is 4. The van der Waals surface area contributed by atoms with Crippen LogP contribution >= 0.6 is 0 Å². The number of aryl methyl sites for hydroxylation is 1. The van der Waals surface area contributed by atoms with E-state index in [-0.39, 0.29) is 24.6 Å². The summed E-state index contributed by atoms with van der Waals surface area (Å²) in [6.07, 6.45) is 0.130. The molecular weight excluding hydrogens is 577 g/mol. The fraction of sp³-hybridized carbons (Fsp3) is 0.562. The Bertz CT molecular complexity index is 1410. The average Bonchev–Trinajstić information content (AvgIpc) is 3.38. The number of esters is 1. The van der Waals surface area contributed by atoms with Crippen LogP contribution in [0.3, 0.4) is 0 Å². The van der Waals surface area contributed by atoms with Crippen molar-refractivity contribution in [3.05, 3.63) is 47.9 Å². The fourth-order valence-electron chi connectivity index (χ4n) is 5.27. The summed E-state index contributed by atoms with van der Waals surface area (Å²) >= 11 is 0. The normalized spacial score (nSPS) is 19.2. The molecule has 0 radical (unpaired) electrons. The van der Waals surface area contributed by atoms with Gasteiger partial charge in [0, 0.05) is 37.1 Å². The van der Waals surface area contributed by atoms with Crippen LogP contribution in [0.5, 0.6) is 5.88 Å². The Morgan fingerprint density at radius 1 is 1.09 bits per heavy atom. The lowest BCUT2D eigenvalue weighted by Crippen LogP contribution is -2.45. The first-order chi connectivity index (χ1) is 20.7. The van der Waals surface area contributed by atoms with E-state index in [0.29, 0.717) is 56.8 Å². The first kappa shape index (κ1) is 33.4. The van der Waals surface area contributed by atoms with E-state index in [4.69, 9.17) is 18.9 Å². The van der Waals surface area contributed by atoms with E-state index in [1.165, 1.54) is 0 Å². The Morgan fingerprint density at radius 3 is 2.36 bits per heavy atom. The molecule has 0 amide bonds. The highest BCUT2D eigenvalue weighted by Gasteiger charge is 2.45. The van der Waals surface area contributed by atoms with Gasteiger partial charge in [-0.15, -0.1) is 5.10 Å². The van der Waals surface area contributed by atoms with E-state index >= 15 is 0 Å². The molecule has 9 nitrogen and oxygen atoms in total. The standard InChI is InChI=1S/C32H41F3N4O5/c1-7-16-42-20-39-28(32(33,34)35)37-27(38-39)25-10-8-22(17-21(25)2)23-9-11-26(36-18-23)43-24-12-14-31(15-13-24,19-41-6)29(40)44-30(3,4)5/h8-11,17-18,24H,7,12-16,19-20H2,1-6H3. The Labute approximate surface area is 256 Å². The number of carbonyl (C=O) groups is 1. The van der Waals surface area contributed by atoms with Crippen molar-refractivity contribution in [3.63, 3.8) is 0 Å². The molecular formula is C32H41F3N4O5. The van der Waals surface area contributed by atoms with Crippen LogP contribution in [-0.2, 0) is 31.9 Å². The summed E-state index contributed by atoms with van der Waals surface area (Å²) in [5.74, 6) is -0.876. The molecule has 2 heterocycles. The van der Waals surface area contributed by atoms with Crippen molar-refractivity contribution in [1.82, 2.24) is 19.7 Å². The topological polar surface area (TPSA) is 97.6 Å². The van der Waals surface area contributed by atoms with E-state index < -0.39 is 23.0 Å². The number of alkyl halides is 3. The van der Waals surface area contributed by atoms with Gasteiger partial charge in [-0.05, 0) is 77.0 Å². The van der Waals surface area contributed by atoms with Gasteiger partial charge in [0.2, 0.25) is 11.7 Å². The molecule has 1 saturated carbocycles. The van der Waals surface area contributed by atoms with Crippen LogP contribution in [0.1, 0.15) is 71.2 Å². The summed E-state index contributed by atoms with van der Waals surface area (Å²) in [6.45, 7) is 9.54. The quantitative estimate of drug-likeness (QED) is 0.167. The molecule has 44 heavy (non-hydrogen) atoms. The van der Waals surface area contributed by atoms with Gasteiger partial charge in [-0.1, -0.05) is 25.1 Å². The highest BCUT2D eigenvalue weighted by atomic mass is 19.4. The lowest BCUT2D eigenvalue weighted by molar-refractivity contribution is -0.175. The van der Waals surface area contributed by atoms with Crippen LogP contribution in [0, 0.1) is 12.3 Å². The molecule has 12 heteroatoms. The monoisotopic (exact) mass is 618 g/mol. The number of aromatic nitrogens is 4. The van der Waals surface area contributed by atoms with E-state index in [9.17, 15) is 18.0 Å². The Kier molecular flexibility index (Phi) is 10.3. The van der Waals surface area contributed by atoms with Gasteiger partial charge in [-0.3, -0.25) is 4.79 Å². The fourth-order valence-corrected chi connectivity index (χ4v) is 5.27. The lowest BCUT2D eigenvalue weighted by Gasteiger charge is -2.39. The molecule has 3 aromatic rings. The number of nitrogens with zero attached hydrogens (tertiary/aromatic N) is 4. The SMILES string of the molecule is CCCOCn1nc(-c2ccc(-c3ccc(OC4CCC(COC)(C(=O)OC(C)(C)C)CC4)nc3)cc2C)nc1C(F)(F)F. The van der Waals surface area contributed by atoms with Gasteiger partial charge in [-0.25, -0.2) is 14.6 Å². The minimum absolute atomic E-state index is 0.0167. The number of carbonyl (C=O) groups excluding carboxylic acids is 1. The van der Waals surface area contributed by atoms with Crippen molar-refractivity contribution in [2.75, 3.05) is 20.3 Å². The first-order valence-electron chi connectivity index (χ1n) is 14.8. The summed E-state index contributed by atoms with van der Waals surface area (Å²) in [4.78, 5) is 21.3. The van der Waals surface area contributed by atoms with Crippen molar-refractivity contribution in [2.24, 2.45) is 5.41 Å². The zero-order valence-corrected chi connectivity index (χ0v) is 26.2. The Morgan fingerprint density at radius 2 is 1.80 bits per heavy atom. The van der Waals surface area contributed by atoms with Crippen molar-refractivity contribution in [2.45, 2.75) is 91.3 Å². The summed E-state index contributed by atoms with van der Waals surface area (Å²) in [5, 5.41) is 4.09. The number of hydrogen-bond donors (Lipinski definition) is 0. The highest BCUT2D eigenvalue weighted by molar-refractivity contribution is 5.77. The highest BCUT2D eigenvalue weighted by Crippen LogP contribution is 2.40. The molecule has 0 atom stereocenters. The number of methoxy groups -OCH3 is 1. The lowest BCUT2D eigenvalue weighted by atomic mass is 9.73. The Balaban J connectivity index is 1.42. The molecule has 1 fully saturated rings. The van der Waals surface area contributed by atoms with Gasteiger partial charge >= 0.3 is 12.1 Å². The molecule has 0 N–H and O–H groups in total. The van der Waals surface area contributed by atoms with Crippen LogP contribution < -0.4 is 4.74 Å². The molecule has 2 aromatic heterocycles. The largest absolute Gasteiger partial charge is 0.474 e. The second-order valence-corrected chi connectivity index (χ2v) is 12.2. The molecule has 1 aliphatic rings. The summed E-state index contributed by atoms with van der Waals surface area (Å²) in [7, 11) is 1.59. The van der Waals surface area contributed by atoms with Gasteiger partial charge in [0.1, 0.15) is 18.4 Å². The van der Waals surface area contributed by atoms with Crippen LogP contribution in [0.15, 0.2) is 36.5 Å². The first-order valence-corrected chi connectivity index (χ1v) is 14.8. The minimum atomic E-state index is -4.66. The van der Waals surface area contributed by atoms with Crippen molar-refractivity contribution in [1.29, 1.82) is 0 Å². The summed E-state index contributed by atoms with van der Waals surface area (Å²) < 4.78 is 64.0. The molecule has 0 bridgehead atoms. The zero-order chi connectivity index (χ0) is 32.1. The molecule has 1 aromatic carbocycles. The molecule has 1 aliphatic carbocycles. The number of benzene rings is 1. The van der Waals surface area contributed by atoms with Crippen molar-refractivity contribution >= 4 is 5.97 Å². The maximum absolute atomic E-state index is 13.6. The predicted octanol–water partition coefficient (Wildman–Crippen LogP) is 7.01. The molecule has 0 spiro atoms. The summed E-state index contributed by atoms with van der Waals surface area (Å²) in [5.41, 5.74) is 1.61. The number of hydrogen-bond acceptors (Lipinski definition) is 8. The van der Waals surface area contributed by atoms with Crippen LogP contribution in [0.25, 0.3) is 22.5 Å².